The molecule has 194 valence electrons. The van der Waals surface area contributed by atoms with Crippen LogP contribution in [0.1, 0.15) is 48.9 Å². The van der Waals surface area contributed by atoms with Gasteiger partial charge < -0.3 is 19.7 Å². The minimum atomic E-state index is -0.0386. The molecule has 8 nitrogen and oxygen atoms in total. The number of amides is 2. The fourth-order valence-corrected chi connectivity index (χ4v) is 5.62. The number of nitrogens with zero attached hydrogens (tertiary/aromatic N) is 3. The van der Waals surface area contributed by atoms with E-state index in [0.717, 1.165) is 47.5 Å². The zero-order valence-electron chi connectivity index (χ0n) is 21.2. The Balaban J connectivity index is 1.30. The molecule has 0 spiro atoms. The highest BCUT2D eigenvalue weighted by atomic mass is 32.1. The normalized spacial score (nSPS) is 16.3. The average Bonchev–Trinajstić information content (AvgIpc) is 3.38. The van der Waals surface area contributed by atoms with Crippen molar-refractivity contribution in [2.75, 3.05) is 32.6 Å². The molecule has 0 bridgehead atoms. The first-order valence-corrected chi connectivity index (χ1v) is 13.6. The van der Waals surface area contributed by atoms with Crippen molar-refractivity contribution in [3.05, 3.63) is 47.6 Å². The molecule has 0 unspecified atom stereocenters. The number of rotatable bonds is 8. The fraction of sp³-hybridized carbons (Fsp3) is 0.429. The first-order chi connectivity index (χ1) is 18.0. The lowest BCUT2D eigenvalue weighted by Gasteiger charge is -2.31. The summed E-state index contributed by atoms with van der Waals surface area (Å²) < 4.78 is 11.0. The number of carbonyl (C=O) groups is 2. The highest BCUT2D eigenvalue weighted by Crippen LogP contribution is 2.33. The summed E-state index contributed by atoms with van der Waals surface area (Å²) in [6.07, 6.45) is 9.41. The first kappa shape index (κ1) is 25.4. The van der Waals surface area contributed by atoms with Crippen LogP contribution in [-0.4, -0.2) is 60.1 Å². The Kier molecular flexibility index (Phi) is 7.81. The van der Waals surface area contributed by atoms with Crippen molar-refractivity contribution in [1.82, 2.24) is 14.9 Å². The molecule has 1 aromatic carbocycles. The summed E-state index contributed by atoms with van der Waals surface area (Å²) in [6.45, 7) is 1.33. The van der Waals surface area contributed by atoms with Crippen LogP contribution < -0.4 is 10.1 Å². The molecule has 2 amide bonds. The van der Waals surface area contributed by atoms with Gasteiger partial charge in [0.2, 0.25) is 5.91 Å². The van der Waals surface area contributed by atoms with Crippen LogP contribution in [0.3, 0.4) is 0 Å². The number of aromatic nitrogens is 2. The molecule has 1 aliphatic carbocycles. The molecule has 3 aromatic rings. The number of piperidine rings is 1. The van der Waals surface area contributed by atoms with Gasteiger partial charge in [-0.1, -0.05) is 12.5 Å². The van der Waals surface area contributed by atoms with Crippen LogP contribution in [0.15, 0.2) is 42.0 Å². The van der Waals surface area contributed by atoms with Crippen molar-refractivity contribution in [1.29, 1.82) is 0 Å². The third-order valence-electron chi connectivity index (χ3n) is 7.26. The molecule has 0 atom stereocenters. The lowest BCUT2D eigenvalue weighted by Crippen LogP contribution is -2.40. The average molecular weight is 521 g/mol. The van der Waals surface area contributed by atoms with Crippen LogP contribution in [0.4, 0.5) is 5.69 Å². The van der Waals surface area contributed by atoms with Crippen molar-refractivity contribution >= 4 is 28.8 Å². The van der Waals surface area contributed by atoms with Gasteiger partial charge in [0.25, 0.3) is 5.91 Å². The second kappa shape index (κ2) is 11.4. The van der Waals surface area contributed by atoms with Gasteiger partial charge in [0.05, 0.1) is 53.1 Å². The summed E-state index contributed by atoms with van der Waals surface area (Å²) >= 11 is 1.52. The van der Waals surface area contributed by atoms with Crippen LogP contribution in [-0.2, 0) is 9.53 Å². The van der Waals surface area contributed by atoms with E-state index in [4.69, 9.17) is 14.5 Å². The minimum absolute atomic E-state index is 0.0386. The standard InChI is InChI=1S/C28H32N4O4S/c1-35-21-8-10-32(11-9-21)28(34)22-7-6-19(13-25(22)36-2)23-15-29-16-24(31-23)26-14-20(17-37-26)30-27(33)12-18-4-3-5-18/h6-7,13-18,21H,3-5,8-12H2,1-2H3,(H,30,33). The van der Waals surface area contributed by atoms with E-state index < -0.39 is 0 Å². The molecule has 3 heterocycles. The Morgan fingerprint density at radius 1 is 1.08 bits per heavy atom. The van der Waals surface area contributed by atoms with Crippen LogP contribution >= 0.6 is 11.3 Å². The Morgan fingerprint density at radius 3 is 2.57 bits per heavy atom. The van der Waals surface area contributed by atoms with E-state index in [1.54, 1.807) is 32.7 Å². The molecular formula is C28H32N4O4S. The topological polar surface area (TPSA) is 93.7 Å². The van der Waals surface area contributed by atoms with Crippen molar-refractivity contribution in [3.8, 4) is 27.6 Å². The number of benzene rings is 1. The monoisotopic (exact) mass is 520 g/mol. The largest absolute Gasteiger partial charge is 0.496 e. The van der Waals surface area contributed by atoms with Gasteiger partial charge in [-0.2, -0.15) is 0 Å². The van der Waals surface area contributed by atoms with E-state index in [1.165, 1.54) is 17.8 Å². The molecule has 1 aliphatic heterocycles. The number of ether oxygens (including phenoxy) is 2. The molecular weight excluding hydrogens is 488 g/mol. The zero-order chi connectivity index (χ0) is 25.8. The summed E-state index contributed by atoms with van der Waals surface area (Å²) in [5.41, 5.74) is 3.54. The number of hydrogen-bond acceptors (Lipinski definition) is 7. The Hall–Kier alpha value is -3.30. The number of carbonyl (C=O) groups excluding carboxylic acids is 2. The number of hydrogen-bond donors (Lipinski definition) is 1. The van der Waals surface area contributed by atoms with Gasteiger partial charge in [-0.05, 0) is 49.8 Å². The number of nitrogens with one attached hydrogen (secondary N) is 1. The summed E-state index contributed by atoms with van der Waals surface area (Å²) in [6, 6.07) is 7.45. The summed E-state index contributed by atoms with van der Waals surface area (Å²) in [4.78, 5) is 37.4. The maximum absolute atomic E-state index is 13.2. The molecule has 0 radical (unpaired) electrons. The van der Waals surface area contributed by atoms with Gasteiger partial charge >= 0.3 is 0 Å². The van der Waals surface area contributed by atoms with E-state index in [9.17, 15) is 9.59 Å². The maximum Gasteiger partial charge on any atom is 0.257 e. The van der Waals surface area contributed by atoms with Crippen molar-refractivity contribution in [3.63, 3.8) is 0 Å². The Morgan fingerprint density at radius 2 is 1.86 bits per heavy atom. The number of methoxy groups -OCH3 is 2. The van der Waals surface area contributed by atoms with Crippen LogP contribution in [0, 0.1) is 5.92 Å². The third kappa shape index (κ3) is 5.83. The van der Waals surface area contributed by atoms with Gasteiger partial charge in [-0.3, -0.25) is 14.6 Å². The zero-order valence-corrected chi connectivity index (χ0v) is 22.1. The lowest BCUT2D eigenvalue weighted by atomic mass is 9.83. The van der Waals surface area contributed by atoms with Gasteiger partial charge in [0.15, 0.2) is 0 Å². The highest BCUT2D eigenvalue weighted by molar-refractivity contribution is 7.14. The van der Waals surface area contributed by atoms with Crippen molar-refractivity contribution < 1.29 is 19.1 Å². The van der Waals surface area contributed by atoms with E-state index in [-0.39, 0.29) is 17.9 Å². The molecule has 1 saturated carbocycles. The van der Waals surface area contributed by atoms with Crippen molar-refractivity contribution in [2.45, 2.75) is 44.6 Å². The van der Waals surface area contributed by atoms with E-state index in [2.05, 4.69) is 10.3 Å². The maximum atomic E-state index is 13.2. The van der Waals surface area contributed by atoms with Crippen molar-refractivity contribution in [2.24, 2.45) is 5.92 Å². The molecule has 37 heavy (non-hydrogen) atoms. The molecule has 1 N–H and O–H groups in total. The van der Waals surface area contributed by atoms with Gasteiger partial charge in [-0.25, -0.2) is 4.98 Å². The van der Waals surface area contributed by atoms with E-state index in [1.807, 2.05) is 28.5 Å². The molecule has 1 saturated heterocycles. The molecule has 5 rings (SSSR count). The SMILES string of the molecule is COc1cc(-c2cncc(-c3cc(NC(=O)CC4CCC4)cs3)n2)ccc1C(=O)N1CCC(OC)CC1. The number of anilines is 1. The van der Waals surface area contributed by atoms with E-state index >= 15 is 0 Å². The highest BCUT2D eigenvalue weighted by Gasteiger charge is 2.26. The predicted octanol–water partition coefficient (Wildman–Crippen LogP) is 5.26. The second-order valence-corrected chi connectivity index (χ2v) is 10.6. The summed E-state index contributed by atoms with van der Waals surface area (Å²) in [7, 11) is 3.29. The smallest absolute Gasteiger partial charge is 0.257 e. The summed E-state index contributed by atoms with van der Waals surface area (Å²) in [5, 5.41) is 4.94. The quantitative estimate of drug-likeness (QED) is 0.435. The van der Waals surface area contributed by atoms with E-state index in [0.29, 0.717) is 42.4 Å². The Bertz CT molecular complexity index is 1260. The third-order valence-corrected chi connectivity index (χ3v) is 8.21. The fourth-order valence-electron chi connectivity index (χ4n) is 4.82. The van der Waals surface area contributed by atoms with Gasteiger partial charge in [-0.15, -0.1) is 11.3 Å². The minimum Gasteiger partial charge on any atom is -0.496 e. The van der Waals surface area contributed by atoms with Gasteiger partial charge in [0, 0.05) is 37.6 Å². The van der Waals surface area contributed by atoms with Crippen LogP contribution in [0.2, 0.25) is 0 Å². The van der Waals surface area contributed by atoms with Crippen LogP contribution in [0.25, 0.3) is 21.8 Å². The predicted molar refractivity (Wildman–Crippen MR) is 144 cm³/mol. The second-order valence-electron chi connectivity index (χ2n) is 9.68. The molecule has 2 aliphatic rings. The Labute approximate surface area is 221 Å². The van der Waals surface area contributed by atoms with Crippen LogP contribution in [0.5, 0.6) is 5.75 Å². The molecule has 2 fully saturated rings. The molecule has 9 heteroatoms. The molecule has 2 aromatic heterocycles. The van der Waals surface area contributed by atoms with Gasteiger partial charge in [0.1, 0.15) is 5.75 Å². The first-order valence-electron chi connectivity index (χ1n) is 12.8. The summed E-state index contributed by atoms with van der Waals surface area (Å²) in [5.74, 6) is 1.07. The number of likely N-dealkylation sites (tertiary alicyclic amines) is 1. The number of thiophene rings is 1. The lowest BCUT2D eigenvalue weighted by molar-refractivity contribution is -0.117.